The molecule has 0 unspecified atom stereocenters. The summed E-state index contributed by atoms with van der Waals surface area (Å²) in [5.41, 5.74) is 4.44. The quantitative estimate of drug-likeness (QED) is 0.742. The summed E-state index contributed by atoms with van der Waals surface area (Å²) in [7, 11) is 0. The fourth-order valence-electron chi connectivity index (χ4n) is 3.52. The SMILES string of the molecule is O=C(Cc1ccccc1Cl)N1CCc2[nH]nc(-c3cccc(F)c3)c2CC1. The molecule has 0 aliphatic carbocycles. The van der Waals surface area contributed by atoms with Crippen molar-refractivity contribution in [2.24, 2.45) is 0 Å². The predicted molar refractivity (Wildman–Crippen MR) is 103 cm³/mol. The van der Waals surface area contributed by atoms with Gasteiger partial charge >= 0.3 is 0 Å². The van der Waals surface area contributed by atoms with Crippen LogP contribution in [0, 0.1) is 5.82 Å². The molecule has 0 spiro atoms. The van der Waals surface area contributed by atoms with E-state index in [1.54, 1.807) is 12.1 Å². The van der Waals surface area contributed by atoms with Gasteiger partial charge in [0, 0.05) is 41.4 Å². The number of benzene rings is 2. The van der Waals surface area contributed by atoms with E-state index in [9.17, 15) is 9.18 Å². The number of carbonyl (C=O) groups is 1. The Hall–Kier alpha value is -2.66. The van der Waals surface area contributed by atoms with Crippen LogP contribution in [0.25, 0.3) is 11.3 Å². The molecule has 0 saturated heterocycles. The van der Waals surface area contributed by atoms with E-state index in [0.717, 1.165) is 28.1 Å². The van der Waals surface area contributed by atoms with E-state index in [1.807, 2.05) is 29.2 Å². The van der Waals surface area contributed by atoms with Crippen molar-refractivity contribution in [3.05, 3.63) is 76.2 Å². The maximum absolute atomic E-state index is 13.6. The molecule has 2 aromatic carbocycles. The third-order valence-corrected chi connectivity index (χ3v) is 5.34. The van der Waals surface area contributed by atoms with Crippen LogP contribution in [0.4, 0.5) is 4.39 Å². The highest BCUT2D eigenvalue weighted by Gasteiger charge is 2.23. The number of aromatic amines is 1. The van der Waals surface area contributed by atoms with Gasteiger partial charge in [-0.3, -0.25) is 9.89 Å². The fourth-order valence-corrected chi connectivity index (χ4v) is 3.73. The highest BCUT2D eigenvalue weighted by Crippen LogP contribution is 2.27. The number of halogens is 2. The van der Waals surface area contributed by atoms with Crippen LogP contribution in [0.2, 0.25) is 5.02 Å². The zero-order valence-electron chi connectivity index (χ0n) is 14.7. The second kappa shape index (κ2) is 7.53. The normalized spacial score (nSPS) is 13.9. The molecule has 1 aliphatic heterocycles. The lowest BCUT2D eigenvalue weighted by atomic mass is 10.0. The molecule has 0 atom stereocenters. The lowest BCUT2D eigenvalue weighted by Crippen LogP contribution is -2.34. The number of rotatable bonds is 3. The molecule has 0 radical (unpaired) electrons. The Labute approximate surface area is 162 Å². The van der Waals surface area contributed by atoms with Gasteiger partial charge in [-0.05, 0) is 30.2 Å². The number of hydrogen-bond donors (Lipinski definition) is 1. The lowest BCUT2D eigenvalue weighted by Gasteiger charge is -2.20. The third kappa shape index (κ3) is 3.74. The second-order valence-corrected chi connectivity index (χ2v) is 7.10. The van der Waals surface area contributed by atoms with Crippen LogP contribution >= 0.6 is 11.6 Å². The molecule has 2 heterocycles. The van der Waals surface area contributed by atoms with Gasteiger partial charge in [-0.2, -0.15) is 5.10 Å². The van der Waals surface area contributed by atoms with Crippen molar-refractivity contribution in [2.45, 2.75) is 19.3 Å². The Balaban J connectivity index is 1.51. The number of nitrogens with zero attached hydrogens (tertiary/aromatic N) is 2. The third-order valence-electron chi connectivity index (χ3n) is 4.97. The molecule has 6 heteroatoms. The van der Waals surface area contributed by atoms with Crippen LogP contribution in [0.15, 0.2) is 48.5 Å². The number of fused-ring (bicyclic) bond motifs is 1. The van der Waals surface area contributed by atoms with E-state index >= 15 is 0 Å². The molecule has 4 rings (SSSR count). The zero-order chi connectivity index (χ0) is 18.8. The molecule has 0 bridgehead atoms. The van der Waals surface area contributed by atoms with Gasteiger partial charge in [0.25, 0.3) is 0 Å². The summed E-state index contributed by atoms with van der Waals surface area (Å²) >= 11 is 6.18. The van der Waals surface area contributed by atoms with Gasteiger partial charge in [-0.1, -0.05) is 41.9 Å². The van der Waals surface area contributed by atoms with Crippen molar-refractivity contribution in [1.82, 2.24) is 15.1 Å². The van der Waals surface area contributed by atoms with Crippen LogP contribution in [-0.2, 0) is 24.1 Å². The molecule has 1 aromatic heterocycles. The molecule has 0 saturated carbocycles. The van der Waals surface area contributed by atoms with Gasteiger partial charge in [0.15, 0.2) is 0 Å². The number of hydrogen-bond acceptors (Lipinski definition) is 2. The Bertz CT molecular complexity index is 985. The summed E-state index contributed by atoms with van der Waals surface area (Å²) in [5.74, 6) is -0.220. The second-order valence-electron chi connectivity index (χ2n) is 6.69. The summed E-state index contributed by atoms with van der Waals surface area (Å²) < 4.78 is 13.6. The summed E-state index contributed by atoms with van der Waals surface area (Å²) in [6, 6.07) is 13.9. The van der Waals surface area contributed by atoms with E-state index in [-0.39, 0.29) is 11.7 Å². The van der Waals surface area contributed by atoms with Crippen molar-refractivity contribution in [3.8, 4) is 11.3 Å². The monoisotopic (exact) mass is 383 g/mol. The van der Waals surface area contributed by atoms with E-state index < -0.39 is 0 Å². The molecule has 4 nitrogen and oxygen atoms in total. The average Bonchev–Trinajstić information content (AvgIpc) is 2.95. The standard InChI is InChI=1S/C21H19ClFN3O/c22-18-7-2-1-4-14(18)13-20(27)26-10-8-17-19(9-11-26)24-25-21(17)15-5-3-6-16(23)12-15/h1-7,12H,8-11,13H2,(H,24,25). The number of nitrogens with one attached hydrogen (secondary N) is 1. The first-order valence-electron chi connectivity index (χ1n) is 8.95. The van der Waals surface area contributed by atoms with Gasteiger partial charge in [-0.25, -0.2) is 4.39 Å². The molecule has 1 aliphatic rings. The average molecular weight is 384 g/mol. The van der Waals surface area contributed by atoms with Crippen LogP contribution in [0.5, 0.6) is 0 Å². The Morgan fingerprint density at radius 3 is 2.78 bits per heavy atom. The minimum atomic E-state index is -0.283. The summed E-state index contributed by atoms with van der Waals surface area (Å²) in [5, 5.41) is 8.07. The van der Waals surface area contributed by atoms with Crippen LogP contribution in [0.1, 0.15) is 16.8 Å². The lowest BCUT2D eigenvalue weighted by molar-refractivity contribution is -0.130. The smallest absolute Gasteiger partial charge is 0.227 e. The Morgan fingerprint density at radius 1 is 1.15 bits per heavy atom. The van der Waals surface area contributed by atoms with E-state index in [1.165, 1.54) is 12.1 Å². The van der Waals surface area contributed by atoms with Crippen LogP contribution in [-0.4, -0.2) is 34.1 Å². The molecular weight excluding hydrogens is 365 g/mol. The maximum atomic E-state index is 13.6. The first kappa shape index (κ1) is 17.7. The van der Waals surface area contributed by atoms with Crippen molar-refractivity contribution in [2.75, 3.05) is 13.1 Å². The molecule has 0 fully saturated rings. The van der Waals surface area contributed by atoms with Gasteiger partial charge < -0.3 is 4.90 Å². The number of aromatic nitrogens is 2. The maximum Gasteiger partial charge on any atom is 0.227 e. The molecular formula is C21H19ClFN3O. The van der Waals surface area contributed by atoms with Gasteiger partial charge in [0.05, 0.1) is 12.1 Å². The number of carbonyl (C=O) groups excluding carboxylic acids is 1. The molecule has 138 valence electrons. The largest absolute Gasteiger partial charge is 0.342 e. The topological polar surface area (TPSA) is 49.0 Å². The first-order chi connectivity index (χ1) is 13.1. The van der Waals surface area contributed by atoms with Crippen molar-refractivity contribution >= 4 is 17.5 Å². The number of amides is 1. The van der Waals surface area contributed by atoms with Gasteiger partial charge in [-0.15, -0.1) is 0 Å². The number of H-pyrrole nitrogens is 1. The minimum absolute atomic E-state index is 0.0634. The summed E-state index contributed by atoms with van der Waals surface area (Å²) in [6.45, 7) is 1.24. The molecule has 1 amide bonds. The van der Waals surface area contributed by atoms with Crippen LogP contribution < -0.4 is 0 Å². The van der Waals surface area contributed by atoms with Gasteiger partial charge in [0.2, 0.25) is 5.91 Å². The van der Waals surface area contributed by atoms with Crippen molar-refractivity contribution in [3.63, 3.8) is 0 Å². The highest BCUT2D eigenvalue weighted by molar-refractivity contribution is 6.31. The summed E-state index contributed by atoms with van der Waals surface area (Å²) in [4.78, 5) is 14.6. The highest BCUT2D eigenvalue weighted by atomic mass is 35.5. The van der Waals surface area contributed by atoms with Crippen molar-refractivity contribution < 1.29 is 9.18 Å². The Kier molecular flexibility index (Phi) is 4.94. The van der Waals surface area contributed by atoms with Crippen molar-refractivity contribution in [1.29, 1.82) is 0 Å². The fraction of sp³-hybridized carbons (Fsp3) is 0.238. The Morgan fingerprint density at radius 2 is 1.96 bits per heavy atom. The zero-order valence-corrected chi connectivity index (χ0v) is 15.5. The predicted octanol–water partition coefficient (Wildman–Crippen LogP) is 4.04. The summed E-state index contributed by atoms with van der Waals surface area (Å²) in [6.07, 6.45) is 1.68. The van der Waals surface area contributed by atoms with Crippen LogP contribution in [0.3, 0.4) is 0 Å². The van der Waals surface area contributed by atoms with E-state index in [4.69, 9.17) is 11.6 Å². The van der Waals surface area contributed by atoms with Gasteiger partial charge in [0.1, 0.15) is 5.82 Å². The molecule has 3 aromatic rings. The minimum Gasteiger partial charge on any atom is -0.342 e. The first-order valence-corrected chi connectivity index (χ1v) is 9.33. The molecule has 27 heavy (non-hydrogen) atoms. The van der Waals surface area contributed by atoms with E-state index in [0.29, 0.717) is 37.4 Å². The van der Waals surface area contributed by atoms with E-state index in [2.05, 4.69) is 10.2 Å². The molecule has 1 N–H and O–H groups in total.